The van der Waals surface area contributed by atoms with Gasteiger partial charge in [-0.25, -0.2) is 4.98 Å². The van der Waals surface area contributed by atoms with Gasteiger partial charge in [0.05, 0.1) is 18.5 Å². The van der Waals surface area contributed by atoms with E-state index in [1.54, 1.807) is 25.1 Å². The van der Waals surface area contributed by atoms with Gasteiger partial charge in [0.25, 0.3) is 0 Å². The Labute approximate surface area is 152 Å². The van der Waals surface area contributed by atoms with Gasteiger partial charge in [-0.1, -0.05) is 18.2 Å². The second kappa shape index (κ2) is 7.57. The summed E-state index contributed by atoms with van der Waals surface area (Å²) in [5.74, 6) is 1.77. The van der Waals surface area contributed by atoms with E-state index in [1.807, 2.05) is 49.3 Å². The molecular weight excluding hydrogens is 330 g/mol. The molecule has 4 nitrogen and oxygen atoms in total. The zero-order chi connectivity index (χ0) is 17.8. The van der Waals surface area contributed by atoms with Crippen LogP contribution in [0.15, 0.2) is 59.6 Å². The highest BCUT2D eigenvalue weighted by molar-refractivity contribution is 7.98. The van der Waals surface area contributed by atoms with Crippen LogP contribution in [0.25, 0.3) is 22.5 Å². The standard InChI is InChI=1S/C20H21N3OS/c1-23(2)20-19(14-8-10-15(24-3)11-9-14)18(25-4)13-17(22-20)16-7-5-6-12-21-16/h5-13H,1-4H3. The van der Waals surface area contributed by atoms with E-state index in [0.29, 0.717) is 0 Å². The molecule has 0 saturated heterocycles. The minimum atomic E-state index is 0.846. The first kappa shape index (κ1) is 17.3. The van der Waals surface area contributed by atoms with Crippen LogP contribution in [0.2, 0.25) is 0 Å². The molecule has 25 heavy (non-hydrogen) atoms. The molecule has 2 heterocycles. The molecule has 0 aliphatic rings. The number of anilines is 1. The number of ether oxygens (including phenoxy) is 1. The van der Waals surface area contributed by atoms with Crippen LogP contribution < -0.4 is 9.64 Å². The van der Waals surface area contributed by atoms with Crippen molar-refractivity contribution in [3.63, 3.8) is 0 Å². The van der Waals surface area contributed by atoms with Gasteiger partial charge in [-0.3, -0.25) is 4.98 Å². The van der Waals surface area contributed by atoms with Crippen LogP contribution in [0, 0.1) is 0 Å². The van der Waals surface area contributed by atoms with Crippen molar-refractivity contribution >= 4 is 17.6 Å². The molecule has 2 aromatic heterocycles. The number of methoxy groups -OCH3 is 1. The van der Waals surface area contributed by atoms with E-state index in [9.17, 15) is 0 Å². The van der Waals surface area contributed by atoms with Crippen molar-refractivity contribution in [2.75, 3.05) is 32.4 Å². The predicted octanol–water partition coefficient (Wildman–Crippen LogP) is 4.61. The summed E-state index contributed by atoms with van der Waals surface area (Å²) in [7, 11) is 5.71. The Hall–Kier alpha value is -2.53. The monoisotopic (exact) mass is 351 g/mol. The number of aromatic nitrogens is 2. The first-order chi connectivity index (χ1) is 12.1. The molecule has 0 aliphatic carbocycles. The van der Waals surface area contributed by atoms with E-state index in [4.69, 9.17) is 9.72 Å². The summed E-state index contributed by atoms with van der Waals surface area (Å²) in [5.41, 5.74) is 4.00. The zero-order valence-corrected chi connectivity index (χ0v) is 15.7. The fourth-order valence-electron chi connectivity index (χ4n) is 2.67. The summed E-state index contributed by atoms with van der Waals surface area (Å²) in [6.45, 7) is 0. The lowest BCUT2D eigenvalue weighted by Crippen LogP contribution is -2.13. The average molecular weight is 351 g/mol. The van der Waals surface area contributed by atoms with E-state index < -0.39 is 0 Å². The Kier molecular flexibility index (Phi) is 5.24. The number of hydrogen-bond donors (Lipinski definition) is 0. The van der Waals surface area contributed by atoms with Gasteiger partial charge in [-0.05, 0) is 42.2 Å². The lowest BCUT2D eigenvalue weighted by atomic mass is 10.0. The molecule has 0 atom stereocenters. The summed E-state index contributed by atoms with van der Waals surface area (Å²) in [4.78, 5) is 12.6. The van der Waals surface area contributed by atoms with Crippen LogP contribution in [-0.2, 0) is 0 Å². The molecule has 1 aromatic carbocycles. The first-order valence-electron chi connectivity index (χ1n) is 7.96. The molecule has 0 amide bonds. The second-order valence-electron chi connectivity index (χ2n) is 5.75. The average Bonchev–Trinajstić information content (AvgIpc) is 2.67. The Morgan fingerprint density at radius 2 is 1.76 bits per heavy atom. The smallest absolute Gasteiger partial charge is 0.137 e. The van der Waals surface area contributed by atoms with Gasteiger partial charge >= 0.3 is 0 Å². The summed E-state index contributed by atoms with van der Waals surface area (Å²) in [5, 5.41) is 0. The molecule has 3 aromatic rings. The number of thioether (sulfide) groups is 1. The van der Waals surface area contributed by atoms with E-state index in [0.717, 1.165) is 34.1 Å². The molecule has 0 unspecified atom stereocenters. The molecule has 0 aliphatic heterocycles. The van der Waals surface area contributed by atoms with Crippen molar-refractivity contribution in [3.8, 4) is 28.3 Å². The molecule has 0 fully saturated rings. The Bertz CT molecular complexity index is 849. The maximum atomic E-state index is 5.28. The maximum Gasteiger partial charge on any atom is 0.137 e. The third-order valence-electron chi connectivity index (χ3n) is 3.91. The Morgan fingerprint density at radius 1 is 1.00 bits per heavy atom. The number of nitrogens with zero attached hydrogens (tertiary/aromatic N) is 3. The van der Waals surface area contributed by atoms with Crippen LogP contribution in [0.4, 0.5) is 5.82 Å². The molecule has 0 bridgehead atoms. The molecule has 0 N–H and O–H groups in total. The van der Waals surface area contributed by atoms with E-state index in [-0.39, 0.29) is 0 Å². The van der Waals surface area contributed by atoms with Gasteiger partial charge in [0.2, 0.25) is 0 Å². The highest BCUT2D eigenvalue weighted by Crippen LogP contribution is 2.39. The van der Waals surface area contributed by atoms with Gasteiger partial charge < -0.3 is 9.64 Å². The van der Waals surface area contributed by atoms with E-state index in [2.05, 4.69) is 29.4 Å². The lowest BCUT2D eigenvalue weighted by molar-refractivity contribution is 0.415. The van der Waals surface area contributed by atoms with Crippen molar-refractivity contribution in [1.29, 1.82) is 0 Å². The number of rotatable bonds is 5. The Morgan fingerprint density at radius 3 is 2.32 bits per heavy atom. The van der Waals surface area contributed by atoms with Gasteiger partial charge in [-0.2, -0.15) is 0 Å². The Balaban J connectivity index is 2.19. The largest absolute Gasteiger partial charge is 0.497 e. The van der Waals surface area contributed by atoms with Crippen LogP contribution in [0.1, 0.15) is 0 Å². The zero-order valence-electron chi connectivity index (χ0n) is 14.9. The SMILES string of the molecule is COc1ccc(-c2c(SC)cc(-c3ccccn3)nc2N(C)C)cc1. The fraction of sp³-hybridized carbons (Fsp3) is 0.200. The topological polar surface area (TPSA) is 38.3 Å². The second-order valence-corrected chi connectivity index (χ2v) is 6.59. The van der Waals surface area contributed by atoms with Crippen LogP contribution in [-0.4, -0.2) is 37.4 Å². The van der Waals surface area contributed by atoms with Gasteiger partial charge in [0.15, 0.2) is 0 Å². The normalized spacial score (nSPS) is 10.6. The quantitative estimate of drug-likeness (QED) is 0.628. The van der Waals surface area contributed by atoms with Crippen molar-refractivity contribution in [3.05, 3.63) is 54.7 Å². The summed E-state index contributed by atoms with van der Waals surface area (Å²) < 4.78 is 5.28. The van der Waals surface area contributed by atoms with Crippen molar-refractivity contribution in [1.82, 2.24) is 9.97 Å². The van der Waals surface area contributed by atoms with Gasteiger partial charge in [0.1, 0.15) is 11.6 Å². The summed E-state index contributed by atoms with van der Waals surface area (Å²) in [6, 6.07) is 16.1. The van der Waals surface area contributed by atoms with Crippen molar-refractivity contribution < 1.29 is 4.74 Å². The van der Waals surface area contributed by atoms with Gasteiger partial charge in [0, 0.05) is 30.8 Å². The lowest BCUT2D eigenvalue weighted by Gasteiger charge is -2.20. The summed E-state index contributed by atoms with van der Waals surface area (Å²) in [6.07, 6.45) is 3.88. The van der Waals surface area contributed by atoms with Crippen LogP contribution in [0.3, 0.4) is 0 Å². The van der Waals surface area contributed by atoms with E-state index >= 15 is 0 Å². The van der Waals surface area contributed by atoms with Crippen LogP contribution in [0.5, 0.6) is 5.75 Å². The first-order valence-corrected chi connectivity index (χ1v) is 9.18. The predicted molar refractivity (Wildman–Crippen MR) is 106 cm³/mol. The number of hydrogen-bond acceptors (Lipinski definition) is 5. The molecule has 128 valence electrons. The molecule has 3 rings (SSSR count). The molecular formula is C20H21N3OS. The molecule has 0 spiro atoms. The van der Waals surface area contributed by atoms with Gasteiger partial charge in [-0.15, -0.1) is 11.8 Å². The number of benzene rings is 1. The maximum absolute atomic E-state index is 5.28. The van der Waals surface area contributed by atoms with E-state index in [1.165, 1.54) is 4.90 Å². The molecule has 0 saturated carbocycles. The fourth-order valence-corrected chi connectivity index (χ4v) is 3.31. The summed E-state index contributed by atoms with van der Waals surface area (Å²) >= 11 is 1.71. The third-order valence-corrected chi connectivity index (χ3v) is 4.68. The highest BCUT2D eigenvalue weighted by Gasteiger charge is 2.17. The molecule has 5 heteroatoms. The van der Waals surface area contributed by atoms with Crippen molar-refractivity contribution in [2.45, 2.75) is 4.90 Å². The minimum absolute atomic E-state index is 0.846. The number of pyridine rings is 2. The van der Waals surface area contributed by atoms with Crippen LogP contribution >= 0.6 is 11.8 Å². The highest BCUT2D eigenvalue weighted by atomic mass is 32.2. The molecule has 0 radical (unpaired) electrons. The minimum Gasteiger partial charge on any atom is -0.497 e. The third kappa shape index (κ3) is 3.61. The van der Waals surface area contributed by atoms with Crippen molar-refractivity contribution in [2.24, 2.45) is 0 Å².